The maximum absolute atomic E-state index is 6.15. The highest BCUT2D eigenvalue weighted by Gasteiger charge is 2.42. The van der Waals surface area contributed by atoms with Crippen LogP contribution in [0.2, 0.25) is 5.02 Å². The van der Waals surface area contributed by atoms with Crippen molar-refractivity contribution in [2.24, 2.45) is 5.73 Å². The molecule has 1 aliphatic rings. The third-order valence-corrected chi connectivity index (χ3v) is 3.11. The third-order valence-electron chi connectivity index (χ3n) is 2.80. The minimum atomic E-state index is -0.253. The molecular weight excluding hydrogens is 214 g/mol. The predicted molar refractivity (Wildman–Crippen MR) is 59.7 cm³/mol. The smallest absolute Gasteiger partial charge is 0.162 e. The number of nitrogens with two attached hydrogens (primary N) is 1. The van der Waals surface area contributed by atoms with E-state index >= 15 is 0 Å². The SMILES string of the molecule is COc1cc(Cl)c(C2(N)CC2)cc1OC. The van der Waals surface area contributed by atoms with Crippen molar-refractivity contribution < 1.29 is 9.47 Å². The molecule has 0 radical (unpaired) electrons. The third kappa shape index (κ3) is 1.77. The number of rotatable bonds is 3. The summed E-state index contributed by atoms with van der Waals surface area (Å²) >= 11 is 6.15. The van der Waals surface area contributed by atoms with Crippen molar-refractivity contribution in [3.8, 4) is 11.5 Å². The second kappa shape index (κ2) is 3.58. The molecule has 2 N–H and O–H groups in total. The fourth-order valence-electron chi connectivity index (χ4n) is 1.64. The molecule has 15 heavy (non-hydrogen) atoms. The first-order chi connectivity index (χ1) is 7.10. The molecule has 3 nitrogen and oxygen atoms in total. The Kier molecular flexibility index (Phi) is 2.52. The van der Waals surface area contributed by atoms with Crippen LogP contribution in [0.5, 0.6) is 11.5 Å². The molecule has 0 atom stereocenters. The van der Waals surface area contributed by atoms with Crippen LogP contribution < -0.4 is 15.2 Å². The van der Waals surface area contributed by atoms with Crippen molar-refractivity contribution in [1.82, 2.24) is 0 Å². The number of benzene rings is 1. The van der Waals surface area contributed by atoms with E-state index < -0.39 is 0 Å². The number of halogens is 1. The summed E-state index contributed by atoms with van der Waals surface area (Å²) < 4.78 is 10.4. The van der Waals surface area contributed by atoms with Crippen LogP contribution in [-0.4, -0.2) is 14.2 Å². The normalized spacial score (nSPS) is 17.3. The van der Waals surface area contributed by atoms with E-state index in [2.05, 4.69) is 0 Å². The van der Waals surface area contributed by atoms with E-state index in [4.69, 9.17) is 26.8 Å². The van der Waals surface area contributed by atoms with E-state index in [9.17, 15) is 0 Å². The van der Waals surface area contributed by atoms with Gasteiger partial charge in [-0.1, -0.05) is 11.6 Å². The van der Waals surface area contributed by atoms with Crippen molar-refractivity contribution >= 4 is 11.6 Å². The lowest BCUT2D eigenvalue weighted by Gasteiger charge is -2.15. The second-order valence-electron chi connectivity index (χ2n) is 3.84. The van der Waals surface area contributed by atoms with Crippen LogP contribution in [0.15, 0.2) is 12.1 Å². The maximum Gasteiger partial charge on any atom is 0.162 e. The standard InChI is InChI=1S/C11H14ClNO2/c1-14-9-5-7(11(13)3-4-11)8(12)6-10(9)15-2/h5-6H,3-4,13H2,1-2H3. The Balaban J connectivity index is 2.48. The van der Waals surface area contributed by atoms with Gasteiger partial charge in [0.15, 0.2) is 11.5 Å². The molecule has 0 aromatic heterocycles. The van der Waals surface area contributed by atoms with E-state index in [0.29, 0.717) is 16.5 Å². The lowest BCUT2D eigenvalue weighted by Crippen LogP contribution is -2.19. The van der Waals surface area contributed by atoms with Crippen LogP contribution in [-0.2, 0) is 5.54 Å². The summed E-state index contributed by atoms with van der Waals surface area (Å²) in [6.07, 6.45) is 1.95. The summed E-state index contributed by atoms with van der Waals surface area (Å²) in [7, 11) is 3.19. The lowest BCUT2D eigenvalue weighted by molar-refractivity contribution is 0.354. The predicted octanol–water partition coefficient (Wildman–Crippen LogP) is 2.31. The van der Waals surface area contributed by atoms with Crippen LogP contribution in [0.1, 0.15) is 18.4 Å². The van der Waals surface area contributed by atoms with Gasteiger partial charge in [0.05, 0.1) is 14.2 Å². The van der Waals surface area contributed by atoms with E-state index in [1.54, 1.807) is 20.3 Å². The molecule has 1 fully saturated rings. The summed E-state index contributed by atoms with van der Waals surface area (Å²) in [5, 5.41) is 0.646. The molecule has 4 heteroatoms. The summed E-state index contributed by atoms with van der Waals surface area (Å²) in [6, 6.07) is 3.62. The minimum Gasteiger partial charge on any atom is -0.493 e. The van der Waals surface area contributed by atoms with Crippen LogP contribution in [0, 0.1) is 0 Å². The lowest BCUT2D eigenvalue weighted by atomic mass is 10.1. The molecule has 0 heterocycles. The zero-order valence-corrected chi connectivity index (χ0v) is 9.60. The van der Waals surface area contributed by atoms with Gasteiger partial charge in [-0.2, -0.15) is 0 Å². The zero-order valence-electron chi connectivity index (χ0n) is 8.84. The van der Waals surface area contributed by atoms with E-state index in [-0.39, 0.29) is 5.54 Å². The van der Waals surface area contributed by atoms with Gasteiger partial charge >= 0.3 is 0 Å². The van der Waals surface area contributed by atoms with Crippen LogP contribution in [0.4, 0.5) is 0 Å². The fraction of sp³-hybridized carbons (Fsp3) is 0.455. The van der Waals surface area contributed by atoms with Crippen LogP contribution >= 0.6 is 11.6 Å². The summed E-state index contributed by atoms with van der Waals surface area (Å²) in [5.41, 5.74) is 6.80. The molecule has 1 saturated carbocycles. The van der Waals surface area contributed by atoms with Gasteiger partial charge < -0.3 is 15.2 Å². The highest BCUT2D eigenvalue weighted by Crippen LogP contribution is 2.48. The Hall–Kier alpha value is -0.930. The van der Waals surface area contributed by atoms with Gasteiger partial charge in [0.2, 0.25) is 0 Å². The van der Waals surface area contributed by atoms with Gasteiger partial charge in [-0.15, -0.1) is 0 Å². The highest BCUT2D eigenvalue weighted by molar-refractivity contribution is 6.31. The molecule has 0 unspecified atom stereocenters. The first kappa shape index (κ1) is 10.6. The van der Waals surface area contributed by atoms with Gasteiger partial charge in [0.1, 0.15) is 0 Å². The maximum atomic E-state index is 6.15. The van der Waals surface area contributed by atoms with E-state index in [1.165, 1.54) is 0 Å². The number of methoxy groups -OCH3 is 2. The van der Waals surface area contributed by atoms with Crippen molar-refractivity contribution in [1.29, 1.82) is 0 Å². The molecule has 0 saturated heterocycles. The molecule has 0 spiro atoms. The molecule has 82 valence electrons. The topological polar surface area (TPSA) is 44.5 Å². The molecule has 0 aliphatic heterocycles. The zero-order chi connectivity index (χ0) is 11.1. The molecular formula is C11H14ClNO2. The van der Waals surface area contributed by atoms with Crippen molar-refractivity contribution in [2.75, 3.05) is 14.2 Å². The molecule has 2 rings (SSSR count). The Morgan fingerprint density at radius 3 is 2.20 bits per heavy atom. The minimum absolute atomic E-state index is 0.253. The number of hydrogen-bond acceptors (Lipinski definition) is 3. The van der Waals surface area contributed by atoms with E-state index in [1.807, 2.05) is 6.07 Å². The van der Waals surface area contributed by atoms with Gasteiger partial charge in [-0.25, -0.2) is 0 Å². The fourth-order valence-corrected chi connectivity index (χ4v) is 1.98. The van der Waals surface area contributed by atoms with Gasteiger partial charge in [0.25, 0.3) is 0 Å². The van der Waals surface area contributed by atoms with Crippen molar-refractivity contribution in [3.63, 3.8) is 0 Å². The summed E-state index contributed by atoms with van der Waals surface area (Å²) in [5.74, 6) is 1.31. The van der Waals surface area contributed by atoms with Crippen LogP contribution in [0.3, 0.4) is 0 Å². The van der Waals surface area contributed by atoms with E-state index in [0.717, 1.165) is 18.4 Å². The second-order valence-corrected chi connectivity index (χ2v) is 4.25. The first-order valence-corrected chi connectivity index (χ1v) is 5.19. The van der Waals surface area contributed by atoms with Crippen molar-refractivity contribution in [3.05, 3.63) is 22.7 Å². The average Bonchev–Trinajstić information content (AvgIpc) is 2.96. The first-order valence-electron chi connectivity index (χ1n) is 4.81. The van der Waals surface area contributed by atoms with Crippen LogP contribution in [0.25, 0.3) is 0 Å². The summed E-state index contributed by atoms with van der Waals surface area (Å²) in [6.45, 7) is 0. The quantitative estimate of drug-likeness (QED) is 0.862. The molecule has 1 aliphatic carbocycles. The largest absolute Gasteiger partial charge is 0.493 e. The number of hydrogen-bond donors (Lipinski definition) is 1. The Bertz CT molecular complexity index is 388. The Labute approximate surface area is 94.1 Å². The van der Waals surface area contributed by atoms with Gasteiger partial charge in [0, 0.05) is 16.6 Å². The molecule has 0 bridgehead atoms. The average molecular weight is 228 g/mol. The van der Waals surface area contributed by atoms with Crippen molar-refractivity contribution in [2.45, 2.75) is 18.4 Å². The Morgan fingerprint density at radius 1 is 1.20 bits per heavy atom. The monoisotopic (exact) mass is 227 g/mol. The summed E-state index contributed by atoms with van der Waals surface area (Å²) in [4.78, 5) is 0. The number of ether oxygens (including phenoxy) is 2. The van der Waals surface area contributed by atoms with Gasteiger partial charge in [-0.05, 0) is 24.5 Å². The highest BCUT2D eigenvalue weighted by atomic mass is 35.5. The molecule has 1 aromatic carbocycles. The molecule has 0 amide bonds. The van der Waals surface area contributed by atoms with Gasteiger partial charge in [-0.3, -0.25) is 0 Å². The molecule has 1 aromatic rings. The Morgan fingerprint density at radius 2 is 1.73 bits per heavy atom.